The van der Waals surface area contributed by atoms with E-state index in [0.717, 1.165) is 16.5 Å². The van der Waals surface area contributed by atoms with Crippen LogP contribution in [0.15, 0.2) is 108 Å². The topological polar surface area (TPSA) is 29.4 Å². The minimum atomic E-state index is -0.280. The Balaban J connectivity index is 1.76. The highest BCUT2D eigenvalue weighted by Gasteiger charge is 2.07. The first-order valence-corrected chi connectivity index (χ1v) is 9.68. The molecule has 29 heavy (non-hydrogen) atoms. The zero-order valence-electron chi connectivity index (χ0n) is 15.6. The van der Waals surface area contributed by atoms with Crippen molar-refractivity contribution in [2.75, 3.05) is 0 Å². The number of nitrogens with zero attached hydrogens (tertiary/aromatic N) is 1. The molecule has 1 amide bonds. The summed E-state index contributed by atoms with van der Waals surface area (Å²) in [5, 5.41) is 2.96. The van der Waals surface area contributed by atoms with Crippen LogP contribution in [0.25, 0.3) is 16.8 Å². The summed E-state index contributed by atoms with van der Waals surface area (Å²) < 4.78 is 0. The van der Waals surface area contributed by atoms with E-state index in [2.05, 4.69) is 29.3 Å². The van der Waals surface area contributed by atoms with E-state index in [0.29, 0.717) is 16.3 Å². The second kappa shape index (κ2) is 8.68. The Morgan fingerprint density at radius 2 is 1.41 bits per heavy atom. The molecule has 0 heterocycles. The molecule has 0 aromatic heterocycles. The van der Waals surface area contributed by atoms with Crippen molar-refractivity contribution in [2.45, 2.75) is 0 Å². The SMILES string of the molecule is O=C(N=C(/C=C/c1cccc2ccccc12)c1ccc(Cl)cc1)c1ccccc1. The summed E-state index contributed by atoms with van der Waals surface area (Å²) >= 11 is 6.03. The molecule has 3 heteroatoms. The lowest BCUT2D eigenvalue weighted by atomic mass is 10.0. The summed E-state index contributed by atoms with van der Waals surface area (Å²) in [6.45, 7) is 0. The van der Waals surface area contributed by atoms with Crippen molar-refractivity contribution >= 4 is 40.1 Å². The first kappa shape index (κ1) is 18.9. The molecule has 0 spiro atoms. The Morgan fingerprint density at radius 3 is 2.21 bits per heavy atom. The van der Waals surface area contributed by atoms with E-state index < -0.39 is 0 Å². The van der Waals surface area contributed by atoms with Gasteiger partial charge >= 0.3 is 0 Å². The predicted molar refractivity (Wildman–Crippen MR) is 122 cm³/mol. The van der Waals surface area contributed by atoms with E-state index in [4.69, 9.17) is 11.6 Å². The summed E-state index contributed by atoms with van der Waals surface area (Å²) in [6.07, 6.45) is 3.87. The lowest BCUT2D eigenvalue weighted by molar-refractivity contribution is 0.100. The Morgan fingerprint density at radius 1 is 0.724 bits per heavy atom. The molecule has 0 unspecified atom stereocenters. The van der Waals surface area contributed by atoms with E-state index in [1.165, 1.54) is 5.39 Å². The number of carbonyl (C=O) groups excluding carboxylic acids is 1. The van der Waals surface area contributed by atoms with Crippen LogP contribution in [0.4, 0.5) is 0 Å². The molecule has 140 valence electrons. The van der Waals surface area contributed by atoms with Gasteiger partial charge < -0.3 is 0 Å². The third-order valence-corrected chi connectivity index (χ3v) is 4.88. The molecule has 0 aliphatic carbocycles. The van der Waals surface area contributed by atoms with Gasteiger partial charge in [-0.15, -0.1) is 0 Å². The third-order valence-electron chi connectivity index (χ3n) is 4.63. The van der Waals surface area contributed by atoms with Crippen LogP contribution in [0, 0.1) is 0 Å². The molecule has 4 aromatic carbocycles. The van der Waals surface area contributed by atoms with Crippen molar-refractivity contribution in [3.8, 4) is 0 Å². The van der Waals surface area contributed by atoms with E-state index >= 15 is 0 Å². The highest BCUT2D eigenvalue weighted by Crippen LogP contribution is 2.20. The summed E-state index contributed by atoms with van der Waals surface area (Å²) in [7, 11) is 0. The van der Waals surface area contributed by atoms with Crippen LogP contribution < -0.4 is 0 Å². The first-order valence-electron chi connectivity index (χ1n) is 9.30. The van der Waals surface area contributed by atoms with Crippen LogP contribution in [0.1, 0.15) is 21.5 Å². The molecule has 2 nitrogen and oxygen atoms in total. The van der Waals surface area contributed by atoms with Crippen molar-refractivity contribution in [2.24, 2.45) is 4.99 Å². The maximum absolute atomic E-state index is 12.7. The fraction of sp³-hybridized carbons (Fsp3) is 0. The fourth-order valence-corrected chi connectivity index (χ4v) is 3.26. The van der Waals surface area contributed by atoms with Gasteiger partial charge in [0.15, 0.2) is 0 Å². The zero-order valence-corrected chi connectivity index (χ0v) is 16.4. The average molecular weight is 396 g/mol. The second-order valence-electron chi connectivity index (χ2n) is 6.58. The van der Waals surface area contributed by atoms with Crippen LogP contribution in [0.3, 0.4) is 0 Å². The second-order valence-corrected chi connectivity index (χ2v) is 7.01. The Labute approximate surface area is 174 Å². The smallest absolute Gasteiger partial charge is 0.267 e. The number of fused-ring (bicyclic) bond motifs is 1. The van der Waals surface area contributed by atoms with Gasteiger partial charge in [-0.2, -0.15) is 0 Å². The number of halogens is 1. The van der Waals surface area contributed by atoms with Crippen molar-refractivity contribution in [1.29, 1.82) is 0 Å². The van der Waals surface area contributed by atoms with Crippen LogP contribution >= 0.6 is 11.6 Å². The molecule has 0 radical (unpaired) electrons. The van der Waals surface area contributed by atoms with Gasteiger partial charge in [0.05, 0.1) is 5.71 Å². The minimum absolute atomic E-state index is 0.280. The van der Waals surface area contributed by atoms with Gasteiger partial charge in [-0.25, -0.2) is 4.99 Å². The van der Waals surface area contributed by atoms with E-state index in [1.807, 2.05) is 60.7 Å². The van der Waals surface area contributed by atoms with Gasteiger partial charge in [-0.05, 0) is 46.7 Å². The normalized spacial score (nSPS) is 11.8. The fourth-order valence-electron chi connectivity index (χ4n) is 3.14. The molecule has 0 fully saturated rings. The van der Waals surface area contributed by atoms with Crippen molar-refractivity contribution in [3.63, 3.8) is 0 Å². The summed E-state index contributed by atoms with van der Waals surface area (Å²) in [4.78, 5) is 17.1. The minimum Gasteiger partial charge on any atom is -0.267 e. The monoisotopic (exact) mass is 395 g/mol. The number of rotatable bonds is 4. The van der Waals surface area contributed by atoms with Gasteiger partial charge in [-0.1, -0.05) is 90.5 Å². The number of allylic oxidation sites excluding steroid dienone is 1. The van der Waals surface area contributed by atoms with Gasteiger partial charge in [0.2, 0.25) is 0 Å². The summed E-state index contributed by atoms with van der Waals surface area (Å²) in [5.41, 5.74) is 3.04. The number of hydrogen-bond donors (Lipinski definition) is 0. The Kier molecular flexibility index (Phi) is 5.64. The molecule has 0 atom stereocenters. The maximum Gasteiger partial charge on any atom is 0.277 e. The molecule has 4 rings (SSSR count). The average Bonchev–Trinajstić information content (AvgIpc) is 2.77. The van der Waals surface area contributed by atoms with Crippen molar-refractivity contribution in [3.05, 3.63) is 125 Å². The standard InChI is InChI=1S/C26H18ClNO/c27-23-16-13-21(14-17-23)25(28-26(29)22-8-2-1-3-9-22)18-15-20-11-6-10-19-7-4-5-12-24(19)20/h1-18H/b18-15+,28-25?. The maximum atomic E-state index is 12.7. The molecular formula is C26H18ClNO. The molecule has 0 bridgehead atoms. The van der Waals surface area contributed by atoms with Gasteiger partial charge in [0, 0.05) is 16.1 Å². The number of aliphatic imine (C=N–C) groups is 1. The van der Waals surface area contributed by atoms with Crippen molar-refractivity contribution in [1.82, 2.24) is 0 Å². The van der Waals surface area contributed by atoms with E-state index in [1.54, 1.807) is 24.3 Å². The molecule has 4 aromatic rings. The number of carbonyl (C=O) groups is 1. The molecule has 0 aliphatic rings. The lowest BCUT2D eigenvalue weighted by Crippen LogP contribution is -2.03. The molecule has 0 saturated heterocycles. The van der Waals surface area contributed by atoms with Gasteiger partial charge in [-0.3, -0.25) is 4.79 Å². The zero-order chi connectivity index (χ0) is 20.1. The van der Waals surface area contributed by atoms with Crippen LogP contribution in [-0.2, 0) is 0 Å². The number of amides is 1. The summed E-state index contributed by atoms with van der Waals surface area (Å²) in [5.74, 6) is -0.280. The van der Waals surface area contributed by atoms with E-state index in [9.17, 15) is 4.79 Å². The van der Waals surface area contributed by atoms with Gasteiger partial charge in [0.25, 0.3) is 5.91 Å². The van der Waals surface area contributed by atoms with Crippen LogP contribution in [-0.4, -0.2) is 11.6 Å². The number of benzene rings is 4. The first-order chi connectivity index (χ1) is 14.2. The lowest BCUT2D eigenvalue weighted by Gasteiger charge is -2.05. The highest BCUT2D eigenvalue weighted by molar-refractivity contribution is 6.30. The van der Waals surface area contributed by atoms with Crippen LogP contribution in [0.2, 0.25) is 5.02 Å². The molecule has 0 saturated carbocycles. The molecular weight excluding hydrogens is 378 g/mol. The predicted octanol–water partition coefficient (Wildman–Crippen LogP) is 6.84. The molecule has 0 N–H and O–H groups in total. The van der Waals surface area contributed by atoms with Crippen LogP contribution in [0.5, 0.6) is 0 Å². The highest BCUT2D eigenvalue weighted by atomic mass is 35.5. The van der Waals surface area contributed by atoms with E-state index in [-0.39, 0.29) is 5.91 Å². The molecule has 0 aliphatic heterocycles. The van der Waals surface area contributed by atoms with Gasteiger partial charge in [0.1, 0.15) is 0 Å². The Hall–Kier alpha value is -3.49. The quantitative estimate of drug-likeness (QED) is 0.348. The number of hydrogen-bond acceptors (Lipinski definition) is 1. The Bertz CT molecular complexity index is 1200. The third kappa shape index (κ3) is 4.50. The largest absolute Gasteiger partial charge is 0.277 e. The summed E-state index contributed by atoms with van der Waals surface area (Å²) in [6, 6.07) is 30.8. The van der Waals surface area contributed by atoms with Crippen molar-refractivity contribution < 1.29 is 4.79 Å².